The fraction of sp³-hybridized carbons (Fsp3) is 0.704. The minimum absolute atomic E-state index is 0.202. The van der Waals surface area contributed by atoms with Gasteiger partial charge in [-0.05, 0) is 43.4 Å². The molecule has 0 spiro atoms. The Kier molecular flexibility index (Phi) is 13.6. The number of rotatable bonds is 8. The molecule has 1 fully saturated rings. The molecule has 0 bridgehead atoms. The molecule has 1 aromatic carbocycles. The zero-order chi connectivity index (χ0) is 26.6. The summed E-state index contributed by atoms with van der Waals surface area (Å²) in [6, 6.07) is 4.17. The van der Waals surface area contributed by atoms with Crippen LogP contribution in [0, 0.1) is 5.92 Å². The number of carbonyl (C=O) groups is 2. The third-order valence-electron chi connectivity index (χ3n) is 7.37. The molecule has 1 atom stereocenters. The lowest BCUT2D eigenvalue weighted by atomic mass is 9.49. The Bertz CT molecular complexity index is 824. The second kappa shape index (κ2) is 15.9. The standard InChI is InChI=1S/C27H43BCl2N2O4/c1-20(2)17-24(32-25(33)19-31-26(34)22-18-21(29)13-14-23(22)30)27(28(35)36)15-11-9-7-5-3-4-6-8-10-12-16-27/h13-14,18,20,24,35-36H,3-12,15-17,19H2,1-2H3,(H,31,34)(H,32,33)/t24-/m0/s1. The van der Waals surface area contributed by atoms with E-state index in [1.54, 1.807) is 6.07 Å². The Morgan fingerprint density at radius 1 is 0.944 bits per heavy atom. The molecule has 0 aliphatic heterocycles. The Labute approximate surface area is 227 Å². The molecule has 1 aliphatic carbocycles. The highest BCUT2D eigenvalue weighted by Gasteiger charge is 2.48. The monoisotopic (exact) mass is 540 g/mol. The zero-order valence-corrected chi connectivity index (χ0v) is 23.3. The maximum Gasteiger partial charge on any atom is 0.460 e. The minimum atomic E-state index is -1.54. The maximum atomic E-state index is 13.0. The van der Waals surface area contributed by atoms with Crippen LogP contribution in [0.3, 0.4) is 0 Å². The molecule has 1 aromatic rings. The van der Waals surface area contributed by atoms with E-state index in [1.807, 2.05) is 0 Å². The molecular formula is C27H43BCl2N2O4. The smallest absolute Gasteiger partial charge is 0.427 e. The summed E-state index contributed by atoms with van der Waals surface area (Å²) in [5.41, 5.74) is 0.202. The van der Waals surface area contributed by atoms with Gasteiger partial charge in [-0.1, -0.05) is 101 Å². The van der Waals surface area contributed by atoms with E-state index in [-0.39, 0.29) is 29.0 Å². The minimum Gasteiger partial charge on any atom is -0.427 e. The van der Waals surface area contributed by atoms with Gasteiger partial charge in [0, 0.05) is 16.4 Å². The molecule has 1 saturated carbocycles. The van der Waals surface area contributed by atoms with E-state index in [9.17, 15) is 19.6 Å². The van der Waals surface area contributed by atoms with Crippen molar-refractivity contribution in [3.8, 4) is 0 Å². The first kappa shape index (κ1) is 30.9. The van der Waals surface area contributed by atoms with Crippen molar-refractivity contribution in [1.29, 1.82) is 0 Å². The van der Waals surface area contributed by atoms with Crippen LogP contribution >= 0.6 is 23.2 Å². The van der Waals surface area contributed by atoms with Crippen LogP contribution in [0.4, 0.5) is 0 Å². The van der Waals surface area contributed by atoms with Crippen LogP contribution in [0.5, 0.6) is 0 Å². The summed E-state index contributed by atoms with van der Waals surface area (Å²) >= 11 is 12.1. The van der Waals surface area contributed by atoms with Crippen LogP contribution in [0.1, 0.15) is 108 Å². The molecule has 2 rings (SSSR count). The van der Waals surface area contributed by atoms with Crippen molar-refractivity contribution in [2.24, 2.45) is 5.92 Å². The van der Waals surface area contributed by atoms with Gasteiger partial charge in [0.05, 0.1) is 17.1 Å². The average Bonchev–Trinajstić information content (AvgIpc) is 2.84. The molecule has 0 unspecified atom stereocenters. The molecule has 0 aromatic heterocycles. The Hall–Kier alpha value is -1.28. The first-order chi connectivity index (χ1) is 17.2. The van der Waals surface area contributed by atoms with E-state index < -0.39 is 24.4 Å². The SMILES string of the molecule is CC(C)C[C@H](NC(=O)CNC(=O)c1cc(Cl)ccc1Cl)C1(B(O)O)CCCCCCCCCCCC1. The van der Waals surface area contributed by atoms with E-state index in [1.165, 1.54) is 37.8 Å². The van der Waals surface area contributed by atoms with Gasteiger partial charge in [0.2, 0.25) is 5.91 Å². The number of carbonyl (C=O) groups excluding carboxylic acids is 2. The number of hydrogen-bond donors (Lipinski definition) is 4. The molecule has 1 aliphatic rings. The normalized spacial score (nSPS) is 18.3. The predicted molar refractivity (Wildman–Crippen MR) is 148 cm³/mol. The fourth-order valence-electron chi connectivity index (χ4n) is 5.32. The predicted octanol–water partition coefficient (Wildman–Crippen LogP) is 6.16. The molecule has 6 nitrogen and oxygen atoms in total. The molecule has 0 radical (unpaired) electrons. The molecule has 4 N–H and O–H groups in total. The van der Waals surface area contributed by atoms with Gasteiger partial charge in [0.15, 0.2) is 0 Å². The summed E-state index contributed by atoms with van der Waals surface area (Å²) in [6.07, 6.45) is 13.1. The fourth-order valence-corrected chi connectivity index (χ4v) is 5.69. The summed E-state index contributed by atoms with van der Waals surface area (Å²) in [5.74, 6) is -0.609. The van der Waals surface area contributed by atoms with Crippen molar-refractivity contribution in [3.63, 3.8) is 0 Å². The number of hydrogen-bond acceptors (Lipinski definition) is 4. The molecule has 2 amide bonds. The van der Waals surface area contributed by atoms with Gasteiger partial charge in [-0.15, -0.1) is 0 Å². The Morgan fingerprint density at radius 2 is 1.47 bits per heavy atom. The molecule has 0 heterocycles. The van der Waals surface area contributed by atoms with E-state index >= 15 is 0 Å². The van der Waals surface area contributed by atoms with Gasteiger partial charge in [-0.3, -0.25) is 9.59 Å². The summed E-state index contributed by atoms with van der Waals surface area (Å²) in [5, 5.41) is 26.9. The number of amides is 2. The van der Waals surface area contributed by atoms with Gasteiger partial charge in [-0.2, -0.15) is 0 Å². The van der Waals surface area contributed by atoms with Crippen molar-refractivity contribution >= 4 is 42.1 Å². The number of benzene rings is 1. The number of halogens is 2. The lowest BCUT2D eigenvalue weighted by Crippen LogP contribution is -2.53. The highest BCUT2D eigenvalue weighted by Crippen LogP contribution is 2.46. The summed E-state index contributed by atoms with van der Waals surface area (Å²) in [4.78, 5) is 25.6. The quantitative estimate of drug-likeness (QED) is 0.296. The zero-order valence-electron chi connectivity index (χ0n) is 21.8. The highest BCUT2D eigenvalue weighted by molar-refractivity contribution is 6.46. The second-order valence-electron chi connectivity index (χ2n) is 10.7. The molecule has 202 valence electrons. The first-order valence-corrected chi connectivity index (χ1v) is 14.3. The van der Waals surface area contributed by atoms with Gasteiger partial charge in [-0.25, -0.2) is 0 Å². The van der Waals surface area contributed by atoms with Crippen LogP contribution in [-0.4, -0.2) is 41.6 Å². The maximum absolute atomic E-state index is 13.0. The Balaban J connectivity index is 2.15. The largest absolute Gasteiger partial charge is 0.460 e. The topological polar surface area (TPSA) is 98.7 Å². The first-order valence-electron chi connectivity index (χ1n) is 13.5. The van der Waals surface area contributed by atoms with Gasteiger partial charge in [0.1, 0.15) is 0 Å². The second-order valence-corrected chi connectivity index (χ2v) is 11.5. The van der Waals surface area contributed by atoms with Gasteiger partial charge < -0.3 is 20.7 Å². The third-order valence-corrected chi connectivity index (χ3v) is 7.93. The van der Waals surface area contributed by atoms with Crippen molar-refractivity contribution in [2.75, 3.05) is 6.54 Å². The van der Waals surface area contributed by atoms with E-state index in [0.717, 1.165) is 38.5 Å². The summed E-state index contributed by atoms with van der Waals surface area (Å²) in [7, 11) is -1.54. The van der Waals surface area contributed by atoms with Crippen LogP contribution in [0.2, 0.25) is 15.4 Å². The molecule has 9 heteroatoms. The summed E-state index contributed by atoms with van der Waals surface area (Å²) < 4.78 is 0. The van der Waals surface area contributed by atoms with E-state index in [4.69, 9.17) is 23.2 Å². The van der Waals surface area contributed by atoms with Crippen molar-refractivity contribution in [3.05, 3.63) is 33.8 Å². The van der Waals surface area contributed by atoms with Crippen molar-refractivity contribution < 1.29 is 19.6 Å². The van der Waals surface area contributed by atoms with Crippen LogP contribution in [-0.2, 0) is 4.79 Å². The number of nitrogens with one attached hydrogen (secondary N) is 2. The highest BCUT2D eigenvalue weighted by atomic mass is 35.5. The lowest BCUT2D eigenvalue weighted by Gasteiger charge is -2.42. The van der Waals surface area contributed by atoms with Gasteiger partial charge in [0.25, 0.3) is 5.91 Å². The van der Waals surface area contributed by atoms with Gasteiger partial charge >= 0.3 is 7.12 Å². The van der Waals surface area contributed by atoms with Crippen molar-refractivity contribution in [2.45, 2.75) is 109 Å². The third kappa shape index (κ3) is 9.88. The molecular weight excluding hydrogens is 498 g/mol. The van der Waals surface area contributed by atoms with Crippen molar-refractivity contribution in [1.82, 2.24) is 10.6 Å². The van der Waals surface area contributed by atoms with Crippen LogP contribution < -0.4 is 10.6 Å². The van der Waals surface area contributed by atoms with E-state index in [0.29, 0.717) is 24.3 Å². The molecule has 0 saturated heterocycles. The average molecular weight is 541 g/mol. The summed E-state index contributed by atoms with van der Waals surface area (Å²) in [6.45, 7) is 3.89. The van der Waals surface area contributed by atoms with E-state index in [2.05, 4.69) is 24.5 Å². The van der Waals surface area contributed by atoms with Crippen LogP contribution in [0.15, 0.2) is 18.2 Å². The molecule has 36 heavy (non-hydrogen) atoms. The lowest BCUT2D eigenvalue weighted by molar-refractivity contribution is -0.121. The Morgan fingerprint density at radius 3 is 1.97 bits per heavy atom. The van der Waals surface area contributed by atoms with Crippen LogP contribution in [0.25, 0.3) is 0 Å².